The Bertz CT molecular complexity index is 429. The number of hydrogen-bond donors (Lipinski definition) is 3. The van der Waals surface area contributed by atoms with Crippen molar-refractivity contribution in [2.75, 3.05) is 32.5 Å². The predicted octanol–water partition coefficient (Wildman–Crippen LogP) is 0.997. The van der Waals surface area contributed by atoms with Gasteiger partial charge in [-0.3, -0.25) is 4.79 Å². The Balaban J connectivity index is 2.40. The highest BCUT2D eigenvalue weighted by molar-refractivity contribution is 5.89. The summed E-state index contributed by atoms with van der Waals surface area (Å²) in [6.45, 7) is 1.33. The van der Waals surface area contributed by atoms with E-state index in [0.29, 0.717) is 17.8 Å². The van der Waals surface area contributed by atoms with Gasteiger partial charge >= 0.3 is 12.0 Å². The quantitative estimate of drug-likeness (QED) is 0.716. The van der Waals surface area contributed by atoms with Crippen LogP contribution in [0.4, 0.5) is 10.5 Å². The number of benzene rings is 1. The highest BCUT2D eigenvalue weighted by Gasteiger charge is 2.03. The fraction of sp³-hybridized carbons (Fsp3) is 0.385. The summed E-state index contributed by atoms with van der Waals surface area (Å²) in [5.41, 5.74) is 1.34. The second kappa shape index (κ2) is 7.38. The summed E-state index contributed by atoms with van der Waals surface area (Å²) in [5.74, 6) is -0.873. The molecule has 0 aliphatic rings. The molecule has 0 fully saturated rings. The molecule has 0 bridgehead atoms. The van der Waals surface area contributed by atoms with Crippen LogP contribution in [0.25, 0.3) is 0 Å². The number of likely N-dealkylation sites (N-methyl/N-ethyl adjacent to an activating group) is 1. The number of carbonyl (C=O) groups is 2. The lowest BCUT2D eigenvalue weighted by Gasteiger charge is -2.11. The van der Waals surface area contributed by atoms with Crippen molar-refractivity contribution in [3.63, 3.8) is 0 Å². The summed E-state index contributed by atoms with van der Waals surface area (Å²) < 4.78 is 0. The Morgan fingerprint density at radius 1 is 1.21 bits per heavy atom. The second-order valence-electron chi connectivity index (χ2n) is 4.45. The van der Waals surface area contributed by atoms with E-state index in [1.54, 1.807) is 24.3 Å². The lowest BCUT2D eigenvalue weighted by Crippen LogP contribution is -2.34. The molecule has 6 nitrogen and oxygen atoms in total. The summed E-state index contributed by atoms with van der Waals surface area (Å²) in [5, 5.41) is 14.0. The summed E-state index contributed by atoms with van der Waals surface area (Å²) >= 11 is 0. The summed E-state index contributed by atoms with van der Waals surface area (Å²) in [6.07, 6.45) is -0.0185. The Kier molecular flexibility index (Phi) is 5.81. The van der Waals surface area contributed by atoms with Crippen LogP contribution in [0.1, 0.15) is 5.56 Å². The number of carboxylic acids is 1. The van der Waals surface area contributed by atoms with Crippen molar-refractivity contribution in [3.05, 3.63) is 29.8 Å². The van der Waals surface area contributed by atoms with Gasteiger partial charge in [0.15, 0.2) is 0 Å². The Hall–Kier alpha value is -2.08. The van der Waals surface area contributed by atoms with Gasteiger partial charge in [-0.1, -0.05) is 12.1 Å². The van der Waals surface area contributed by atoms with Crippen molar-refractivity contribution in [2.24, 2.45) is 0 Å². The maximum Gasteiger partial charge on any atom is 0.319 e. The molecule has 0 atom stereocenters. The van der Waals surface area contributed by atoms with Crippen molar-refractivity contribution >= 4 is 17.7 Å². The van der Waals surface area contributed by atoms with Crippen LogP contribution in [0.5, 0.6) is 0 Å². The number of carboxylic acid groups (broad SMARTS) is 1. The van der Waals surface area contributed by atoms with Crippen molar-refractivity contribution < 1.29 is 14.7 Å². The molecule has 6 heteroatoms. The van der Waals surface area contributed by atoms with E-state index in [1.165, 1.54) is 0 Å². The average molecular weight is 265 g/mol. The summed E-state index contributed by atoms with van der Waals surface area (Å²) in [6, 6.07) is 6.47. The van der Waals surface area contributed by atoms with Gasteiger partial charge in [0.1, 0.15) is 0 Å². The maximum atomic E-state index is 11.5. The van der Waals surface area contributed by atoms with Gasteiger partial charge in [-0.25, -0.2) is 4.79 Å². The van der Waals surface area contributed by atoms with Crippen LogP contribution in [0.15, 0.2) is 24.3 Å². The molecule has 0 aliphatic carbocycles. The van der Waals surface area contributed by atoms with Gasteiger partial charge in [0.25, 0.3) is 0 Å². The Morgan fingerprint density at radius 2 is 1.84 bits per heavy atom. The van der Waals surface area contributed by atoms with Crippen molar-refractivity contribution in [2.45, 2.75) is 6.42 Å². The van der Waals surface area contributed by atoms with Gasteiger partial charge in [-0.15, -0.1) is 0 Å². The molecule has 0 radical (unpaired) electrons. The number of nitrogens with zero attached hydrogens (tertiary/aromatic N) is 1. The van der Waals surface area contributed by atoms with Gasteiger partial charge in [0, 0.05) is 18.8 Å². The van der Waals surface area contributed by atoms with Gasteiger partial charge in [0.05, 0.1) is 6.42 Å². The standard InChI is InChI=1S/C13H19N3O3/c1-16(2)8-7-14-13(19)15-11-5-3-10(4-6-11)9-12(17)18/h3-6H,7-9H2,1-2H3,(H,17,18)(H2,14,15,19). The molecule has 2 amide bonds. The number of urea groups is 1. The number of anilines is 1. The predicted molar refractivity (Wildman–Crippen MR) is 73.4 cm³/mol. The summed E-state index contributed by atoms with van der Waals surface area (Å²) in [4.78, 5) is 24.0. The van der Waals surface area contributed by atoms with Crippen molar-refractivity contribution in [1.82, 2.24) is 10.2 Å². The number of nitrogens with one attached hydrogen (secondary N) is 2. The number of carbonyl (C=O) groups excluding carboxylic acids is 1. The zero-order chi connectivity index (χ0) is 14.3. The van der Waals surface area contributed by atoms with E-state index in [4.69, 9.17) is 5.11 Å². The van der Waals surface area contributed by atoms with Crippen molar-refractivity contribution in [3.8, 4) is 0 Å². The van der Waals surface area contributed by atoms with Crippen LogP contribution < -0.4 is 10.6 Å². The Morgan fingerprint density at radius 3 is 2.37 bits per heavy atom. The van der Waals surface area contributed by atoms with E-state index >= 15 is 0 Å². The lowest BCUT2D eigenvalue weighted by molar-refractivity contribution is -0.136. The molecule has 0 spiro atoms. The first-order valence-electron chi connectivity index (χ1n) is 5.97. The molecule has 1 aromatic rings. The van der Waals surface area contributed by atoms with Crippen LogP contribution in [-0.2, 0) is 11.2 Å². The molecule has 0 unspecified atom stereocenters. The average Bonchev–Trinajstić information content (AvgIpc) is 2.30. The topological polar surface area (TPSA) is 81.7 Å². The molecule has 19 heavy (non-hydrogen) atoms. The molecular formula is C13H19N3O3. The van der Waals surface area contributed by atoms with E-state index in [9.17, 15) is 9.59 Å². The third-order valence-corrected chi connectivity index (χ3v) is 2.41. The number of amides is 2. The maximum absolute atomic E-state index is 11.5. The molecule has 0 saturated carbocycles. The molecular weight excluding hydrogens is 246 g/mol. The molecule has 0 aromatic heterocycles. The van der Waals surface area contributed by atoms with Crippen LogP contribution in [-0.4, -0.2) is 49.2 Å². The van der Waals surface area contributed by atoms with Crippen LogP contribution in [0.2, 0.25) is 0 Å². The highest BCUT2D eigenvalue weighted by Crippen LogP contribution is 2.09. The molecule has 0 aliphatic heterocycles. The van der Waals surface area contributed by atoms with Gasteiger partial charge in [0.2, 0.25) is 0 Å². The smallest absolute Gasteiger partial charge is 0.319 e. The van der Waals surface area contributed by atoms with E-state index in [-0.39, 0.29) is 12.5 Å². The minimum absolute atomic E-state index is 0.0185. The monoisotopic (exact) mass is 265 g/mol. The lowest BCUT2D eigenvalue weighted by atomic mass is 10.1. The molecule has 1 rings (SSSR count). The fourth-order valence-corrected chi connectivity index (χ4v) is 1.45. The van der Waals surface area contributed by atoms with Crippen LogP contribution in [0.3, 0.4) is 0 Å². The second-order valence-corrected chi connectivity index (χ2v) is 4.45. The molecule has 104 valence electrons. The summed E-state index contributed by atoms with van der Waals surface area (Å²) in [7, 11) is 3.86. The van der Waals surface area contributed by atoms with Crippen molar-refractivity contribution in [1.29, 1.82) is 0 Å². The highest BCUT2D eigenvalue weighted by atomic mass is 16.4. The number of aliphatic carboxylic acids is 1. The molecule has 1 aromatic carbocycles. The first kappa shape index (κ1) is 15.0. The van der Waals surface area contributed by atoms with Gasteiger partial charge < -0.3 is 20.6 Å². The molecule has 0 saturated heterocycles. The number of rotatable bonds is 6. The zero-order valence-electron chi connectivity index (χ0n) is 11.1. The fourth-order valence-electron chi connectivity index (χ4n) is 1.45. The first-order chi connectivity index (χ1) is 8.97. The zero-order valence-corrected chi connectivity index (χ0v) is 11.1. The third kappa shape index (κ3) is 6.42. The van der Waals surface area contributed by atoms with Crippen LogP contribution >= 0.6 is 0 Å². The Labute approximate surface area is 112 Å². The van der Waals surface area contributed by atoms with Crippen LogP contribution in [0, 0.1) is 0 Å². The minimum Gasteiger partial charge on any atom is -0.481 e. The van der Waals surface area contributed by atoms with Gasteiger partial charge in [-0.2, -0.15) is 0 Å². The van der Waals surface area contributed by atoms with E-state index in [2.05, 4.69) is 10.6 Å². The molecule has 0 heterocycles. The van der Waals surface area contributed by atoms with E-state index in [1.807, 2.05) is 19.0 Å². The number of hydrogen-bond acceptors (Lipinski definition) is 3. The van der Waals surface area contributed by atoms with Gasteiger partial charge in [-0.05, 0) is 31.8 Å². The normalized spacial score (nSPS) is 10.3. The molecule has 3 N–H and O–H groups in total. The van der Waals surface area contributed by atoms with E-state index in [0.717, 1.165) is 6.54 Å². The minimum atomic E-state index is -0.873. The SMILES string of the molecule is CN(C)CCNC(=O)Nc1ccc(CC(=O)O)cc1. The third-order valence-electron chi connectivity index (χ3n) is 2.41. The first-order valence-corrected chi connectivity index (χ1v) is 5.97. The largest absolute Gasteiger partial charge is 0.481 e. The van der Waals surface area contributed by atoms with E-state index < -0.39 is 5.97 Å².